The largest absolute Gasteiger partial charge is 0.454 e. The Bertz CT molecular complexity index is 483. The van der Waals surface area contributed by atoms with Crippen LogP contribution in [0.4, 0.5) is 0 Å². The highest BCUT2D eigenvalue weighted by atomic mass is 32.2. The fourth-order valence-electron chi connectivity index (χ4n) is 2.80. The van der Waals surface area contributed by atoms with Crippen molar-refractivity contribution in [3.63, 3.8) is 0 Å². The molecule has 3 unspecified atom stereocenters. The van der Waals surface area contributed by atoms with Gasteiger partial charge in [0.25, 0.3) is 0 Å². The number of fused-ring (bicyclic) bond motifs is 1. The molecule has 1 aromatic carbocycles. The van der Waals surface area contributed by atoms with E-state index in [9.17, 15) is 0 Å². The van der Waals surface area contributed by atoms with Crippen molar-refractivity contribution in [2.24, 2.45) is 0 Å². The van der Waals surface area contributed by atoms with E-state index in [4.69, 9.17) is 14.2 Å². The average molecular weight is 309 g/mol. The molecular weight excluding hydrogens is 286 g/mol. The van der Waals surface area contributed by atoms with Gasteiger partial charge >= 0.3 is 0 Å². The van der Waals surface area contributed by atoms with Gasteiger partial charge < -0.3 is 19.5 Å². The Hall–Kier alpha value is -0.910. The molecule has 4 nitrogen and oxygen atoms in total. The van der Waals surface area contributed by atoms with E-state index in [-0.39, 0.29) is 0 Å². The van der Waals surface area contributed by atoms with Gasteiger partial charge in [0.05, 0.1) is 6.10 Å². The summed E-state index contributed by atoms with van der Waals surface area (Å²) in [4.78, 5) is 0. The van der Waals surface area contributed by atoms with Crippen molar-refractivity contribution in [3.8, 4) is 11.5 Å². The van der Waals surface area contributed by atoms with Gasteiger partial charge in [-0.15, -0.1) is 0 Å². The quantitative estimate of drug-likeness (QED) is 0.875. The number of nitrogens with one attached hydrogen (secondary N) is 1. The normalized spacial score (nSPS) is 25.2. The van der Waals surface area contributed by atoms with Crippen LogP contribution in [-0.2, 0) is 4.74 Å². The number of hydrogen-bond acceptors (Lipinski definition) is 5. The second kappa shape index (κ2) is 6.90. The molecule has 116 valence electrons. The van der Waals surface area contributed by atoms with Crippen LogP contribution in [0.3, 0.4) is 0 Å². The van der Waals surface area contributed by atoms with E-state index in [0.29, 0.717) is 24.2 Å². The maximum absolute atomic E-state index is 5.65. The van der Waals surface area contributed by atoms with Crippen LogP contribution < -0.4 is 14.8 Å². The van der Waals surface area contributed by atoms with Gasteiger partial charge in [-0.3, -0.25) is 0 Å². The Morgan fingerprint density at radius 3 is 2.95 bits per heavy atom. The van der Waals surface area contributed by atoms with E-state index < -0.39 is 0 Å². The molecule has 0 radical (unpaired) electrons. The van der Waals surface area contributed by atoms with Crippen molar-refractivity contribution in [2.75, 3.05) is 25.7 Å². The number of ether oxygens (including phenoxy) is 3. The molecular formula is C16H23NO3S. The van der Waals surface area contributed by atoms with Gasteiger partial charge in [0.2, 0.25) is 6.79 Å². The van der Waals surface area contributed by atoms with E-state index in [0.717, 1.165) is 36.8 Å². The minimum Gasteiger partial charge on any atom is -0.454 e. The van der Waals surface area contributed by atoms with Crippen LogP contribution in [0.2, 0.25) is 0 Å². The topological polar surface area (TPSA) is 39.7 Å². The molecule has 0 aromatic heterocycles. The lowest BCUT2D eigenvalue weighted by atomic mass is 10.1. The first-order chi connectivity index (χ1) is 10.3. The molecule has 2 heterocycles. The van der Waals surface area contributed by atoms with E-state index in [1.54, 1.807) is 0 Å². The SMILES string of the molecule is CCNC(CSC1CCOC1C)c1ccc2c(c1)OCO2. The van der Waals surface area contributed by atoms with Gasteiger partial charge in [0.15, 0.2) is 11.5 Å². The van der Waals surface area contributed by atoms with Gasteiger partial charge in [0, 0.05) is 23.7 Å². The summed E-state index contributed by atoms with van der Waals surface area (Å²) >= 11 is 2.01. The molecule has 0 bridgehead atoms. The molecule has 1 aromatic rings. The summed E-state index contributed by atoms with van der Waals surface area (Å²) in [5, 5.41) is 4.18. The summed E-state index contributed by atoms with van der Waals surface area (Å²) in [7, 11) is 0. The standard InChI is InChI=1S/C16H23NO3S/c1-3-17-13(9-21-16-6-7-18-11(16)2)12-4-5-14-15(8-12)20-10-19-14/h4-5,8,11,13,16-17H,3,6-7,9-10H2,1-2H3. The second-order valence-corrected chi connectivity index (χ2v) is 6.73. The molecule has 0 aliphatic carbocycles. The molecule has 0 amide bonds. The molecule has 3 rings (SSSR count). The zero-order valence-electron chi connectivity index (χ0n) is 12.6. The van der Waals surface area contributed by atoms with Crippen LogP contribution in [0.25, 0.3) is 0 Å². The number of hydrogen-bond donors (Lipinski definition) is 1. The lowest BCUT2D eigenvalue weighted by molar-refractivity contribution is 0.127. The van der Waals surface area contributed by atoms with Crippen LogP contribution in [0.5, 0.6) is 11.5 Å². The van der Waals surface area contributed by atoms with Crippen LogP contribution in [0, 0.1) is 0 Å². The third kappa shape index (κ3) is 3.47. The van der Waals surface area contributed by atoms with Crippen LogP contribution >= 0.6 is 11.8 Å². The maximum Gasteiger partial charge on any atom is 0.231 e. The van der Waals surface area contributed by atoms with Crippen LogP contribution in [0.15, 0.2) is 18.2 Å². The van der Waals surface area contributed by atoms with Crippen LogP contribution in [-0.4, -0.2) is 37.1 Å². The van der Waals surface area contributed by atoms with Crippen molar-refractivity contribution < 1.29 is 14.2 Å². The minimum atomic E-state index is 0.330. The highest BCUT2D eigenvalue weighted by Gasteiger charge is 2.26. The molecule has 21 heavy (non-hydrogen) atoms. The number of benzene rings is 1. The Morgan fingerprint density at radius 2 is 2.19 bits per heavy atom. The lowest BCUT2D eigenvalue weighted by Gasteiger charge is -2.21. The number of rotatable bonds is 6. The van der Waals surface area contributed by atoms with Gasteiger partial charge in [-0.25, -0.2) is 0 Å². The predicted molar refractivity (Wildman–Crippen MR) is 85.3 cm³/mol. The zero-order chi connectivity index (χ0) is 14.7. The summed E-state index contributed by atoms with van der Waals surface area (Å²) in [6.07, 6.45) is 1.53. The third-order valence-electron chi connectivity index (χ3n) is 4.03. The van der Waals surface area contributed by atoms with E-state index in [1.807, 2.05) is 17.8 Å². The second-order valence-electron chi connectivity index (χ2n) is 5.46. The van der Waals surface area contributed by atoms with Crippen molar-refractivity contribution >= 4 is 11.8 Å². The predicted octanol–water partition coefficient (Wildman–Crippen LogP) is 2.98. The smallest absolute Gasteiger partial charge is 0.231 e. The highest BCUT2D eigenvalue weighted by Crippen LogP contribution is 2.36. The fourth-order valence-corrected chi connectivity index (χ4v) is 4.16. The summed E-state index contributed by atoms with van der Waals surface area (Å²) in [6.45, 7) is 6.50. The molecule has 5 heteroatoms. The molecule has 3 atom stereocenters. The molecule has 0 spiro atoms. The summed E-state index contributed by atoms with van der Waals surface area (Å²) in [6, 6.07) is 6.58. The van der Waals surface area contributed by atoms with Gasteiger partial charge in [-0.1, -0.05) is 13.0 Å². The van der Waals surface area contributed by atoms with Crippen LogP contribution in [0.1, 0.15) is 31.9 Å². The average Bonchev–Trinajstić information content (AvgIpc) is 3.11. The van der Waals surface area contributed by atoms with Crippen molar-refractivity contribution in [3.05, 3.63) is 23.8 Å². The van der Waals surface area contributed by atoms with Crippen molar-refractivity contribution in [1.29, 1.82) is 0 Å². The lowest BCUT2D eigenvalue weighted by Crippen LogP contribution is -2.25. The Labute approximate surface area is 130 Å². The Kier molecular flexibility index (Phi) is 4.93. The maximum atomic E-state index is 5.65. The first kappa shape index (κ1) is 15.0. The monoisotopic (exact) mass is 309 g/mol. The molecule has 0 saturated carbocycles. The zero-order valence-corrected chi connectivity index (χ0v) is 13.4. The van der Waals surface area contributed by atoms with Crippen molar-refractivity contribution in [1.82, 2.24) is 5.32 Å². The van der Waals surface area contributed by atoms with Gasteiger partial charge in [-0.2, -0.15) is 11.8 Å². The molecule has 2 aliphatic heterocycles. The summed E-state index contributed by atoms with van der Waals surface area (Å²) in [5.74, 6) is 2.75. The highest BCUT2D eigenvalue weighted by molar-refractivity contribution is 8.00. The van der Waals surface area contributed by atoms with Crippen molar-refractivity contribution in [2.45, 2.75) is 37.7 Å². The van der Waals surface area contributed by atoms with Gasteiger partial charge in [-0.05, 0) is 37.6 Å². The minimum absolute atomic E-state index is 0.330. The third-order valence-corrected chi connectivity index (χ3v) is 5.61. The van der Waals surface area contributed by atoms with E-state index in [2.05, 4.69) is 31.3 Å². The first-order valence-electron chi connectivity index (χ1n) is 7.64. The van der Waals surface area contributed by atoms with E-state index >= 15 is 0 Å². The van der Waals surface area contributed by atoms with E-state index in [1.165, 1.54) is 5.56 Å². The first-order valence-corrected chi connectivity index (χ1v) is 8.69. The Balaban J connectivity index is 1.66. The Morgan fingerprint density at radius 1 is 1.33 bits per heavy atom. The molecule has 1 N–H and O–H groups in total. The number of thioether (sulfide) groups is 1. The summed E-state index contributed by atoms with van der Waals surface area (Å²) in [5.41, 5.74) is 1.26. The summed E-state index contributed by atoms with van der Waals surface area (Å²) < 4.78 is 16.5. The van der Waals surface area contributed by atoms with Gasteiger partial charge in [0.1, 0.15) is 0 Å². The molecule has 2 aliphatic rings. The molecule has 1 saturated heterocycles. The molecule has 1 fully saturated rings. The fraction of sp³-hybridized carbons (Fsp3) is 0.625.